The van der Waals surface area contributed by atoms with Crippen LogP contribution in [0.15, 0.2) is 54.2 Å². The summed E-state index contributed by atoms with van der Waals surface area (Å²) in [6.07, 6.45) is 1.69. The van der Waals surface area contributed by atoms with Crippen LogP contribution in [-0.2, 0) is 9.59 Å². The molecule has 0 saturated carbocycles. The first-order valence-corrected chi connectivity index (χ1v) is 10.5. The van der Waals surface area contributed by atoms with Crippen LogP contribution in [-0.4, -0.2) is 36.4 Å². The van der Waals surface area contributed by atoms with Crippen molar-refractivity contribution in [2.45, 2.75) is 19.9 Å². The molecule has 32 heavy (non-hydrogen) atoms. The zero-order valence-corrected chi connectivity index (χ0v) is 17.8. The molecule has 10 heteroatoms. The summed E-state index contributed by atoms with van der Waals surface area (Å²) in [6, 6.07) is 9.90. The van der Waals surface area contributed by atoms with Crippen molar-refractivity contribution in [1.82, 2.24) is 19.6 Å². The number of aliphatic hydroxyl groups is 1. The number of ketones is 1. The second-order valence-corrected chi connectivity index (χ2v) is 8.43. The normalized spacial score (nSPS) is 18.1. The summed E-state index contributed by atoms with van der Waals surface area (Å²) >= 11 is 1.10. The molecule has 1 amide bonds. The molecule has 5 rings (SSSR count). The number of halogens is 1. The van der Waals surface area contributed by atoms with Crippen molar-refractivity contribution in [3.8, 4) is 0 Å². The fraction of sp³-hybridized carbons (Fsp3) is 0.136. The van der Waals surface area contributed by atoms with E-state index in [0.29, 0.717) is 16.3 Å². The van der Waals surface area contributed by atoms with Gasteiger partial charge in [0.1, 0.15) is 28.2 Å². The molecular formula is C22H16FN5O3S. The quantitative estimate of drug-likeness (QED) is 0.292. The minimum absolute atomic E-state index is 0.0626. The molecule has 0 radical (unpaired) electrons. The lowest BCUT2D eigenvalue weighted by Crippen LogP contribution is -2.29. The number of amides is 1. The number of anilines is 1. The zero-order chi connectivity index (χ0) is 22.6. The number of benzene rings is 1. The molecule has 8 nitrogen and oxygen atoms in total. The standard InChI is InChI=1S/C22H16FN5O3S/c1-11-17(27-10-6-5-9-15(27)24-11)19(29)16-18(13-7-3-4-8-14(13)23)28(21(31)20(16)30)22-26-25-12(2)32-22/h3-10,18,29H,1-2H3/b19-16+. The molecule has 3 aromatic heterocycles. The average molecular weight is 449 g/mol. The number of hydrogen-bond donors (Lipinski definition) is 1. The fourth-order valence-corrected chi connectivity index (χ4v) is 4.64. The minimum Gasteiger partial charge on any atom is -0.505 e. The topological polar surface area (TPSA) is 101 Å². The van der Waals surface area contributed by atoms with Crippen molar-refractivity contribution < 1.29 is 19.1 Å². The highest BCUT2D eigenvalue weighted by Gasteiger charge is 2.49. The number of aliphatic hydroxyl groups excluding tert-OH is 1. The Morgan fingerprint density at radius 2 is 1.84 bits per heavy atom. The molecule has 1 aliphatic rings. The minimum atomic E-state index is -1.21. The van der Waals surface area contributed by atoms with E-state index in [0.717, 1.165) is 16.2 Å². The van der Waals surface area contributed by atoms with E-state index in [-0.39, 0.29) is 22.0 Å². The highest BCUT2D eigenvalue weighted by molar-refractivity contribution is 7.15. The van der Waals surface area contributed by atoms with Gasteiger partial charge in [0.15, 0.2) is 5.76 Å². The van der Waals surface area contributed by atoms with E-state index in [2.05, 4.69) is 15.2 Å². The molecule has 1 unspecified atom stereocenters. The maximum absolute atomic E-state index is 14.9. The number of Topliss-reactive ketones (excluding diaryl/α,β-unsaturated/α-hetero) is 1. The van der Waals surface area contributed by atoms with Crippen LogP contribution in [0.2, 0.25) is 0 Å². The number of carbonyl (C=O) groups is 2. The fourth-order valence-electron chi connectivity index (χ4n) is 3.93. The molecule has 1 saturated heterocycles. The number of nitrogens with zero attached hydrogens (tertiary/aromatic N) is 5. The first kappa shape index (κ1) is 20.0. The van der Waals surface area contributed by atoms with Gasteiger partial charge in [-0.3, -0.25) is 18.9 Å². The SMILES string of the molecule is Cc1nnc(N2C(=O)C(=O)/C(=C(/O)c3c(C)nc4ccccn34)C2c2ccccc2F)s1. The number of aryl methyl sites for hydroxylation is 2. The van der Waals surface area contributed by atoms with E-state index >= 15 is 0 Å². The largest absolute Gasteiger partial charge is 0.505 e. The lowest BCUT2D eigenvalue weighted by molar-refractivity contribution is -0.132. The molecule has 1 aromatic carbocycles. The number of hydrogen-bond acceptors (Lipinski definition) is 7. The predicted molar refractivity (Wildman–Crippen MR) is 116 cm³/mol. The third kappa shape index (κ3) is 2.91. The van der Waals surface area contributed by atoms with Crippen molar-refractivity contribution in [3.63, 3.8) is 0 Å². The van der Waals surface area contributed by atoms with Crippen LogP contribution >= 0.6 is 11.3 Å². The summed E-state index contributed by atoms with van der Waals surface area (Å²) in [4.78, 5) is 31.7. The van der Waals surface area contributed by atoms with E-state index in [4.69, 9.17) is 0 Å². The molecule has 160 valence electrons. The van der Waals surface area contributed by atoms with Crippen molar-refractivity contribution >= 4 is 39.6 Å². The summed E-state index contributed by atoms with van der Waals surface area (Å²) in [5, 5.41) is 20.0. The maximum atomic E-state index is 14.9. The van der Waals surface area contributed by atoms with Crippen LogP contribution in [0, 0.1) is 19.7 Å². The number of imidazole rings is 1. The molecule has 0 spiro atoms. The van der Waals surface area contributed by atoms with E-state index < -0.39 is 29.3 Å². The Balaban J connectivity index is 1.81. The van der Waals surface area contributed by atoms with Gasteiger partial charge in [-0.1, -0.05) is 35.6 Å². The van der Waals surface area contributed by atoms with E-state index in [1.54, 1.807) is 48.7 Å². The van der Waals surface area contributed by atoms with Gasteiger partial charge >= 0.3 is 5.91 Å². The van der Waals surface area contributed by atoms with E-state index in [1.165, 1.54) is 18.2 Å². The van der Waals surface area contributed by atoms with Crippen molar-refractivity contribution in [1.29, 1.82) is 0 Å². The van der Waals surface area contributed by atoms with Crippen molar-refractivity contribution in [2.75, 3.05) is 4.90 Å². The summed E-state index contributed by atoms with van der Waals surface area (Å²) in [6.45, 7) is 3.39. The van der Waals surface area contributed by atoms with Crippen LogP contribution in [0.25, 0.3) is 11.4 Å². The Morgan fingerprint density at radius 3 is 2.56 bits per heavy atom. The number of aromatic nitrogens is 4. The number of rotatable bonds is 3. The van der Waals surface area contributed by atoms with Gasteiger partial charge < -0.3 is 5.11 Å². The lowest BCUT2D eigenvalue weighted by Gasteiger charge is -2.22. The Hall–Kier alpha value is -3.92. The van der Waals surface area contributed by atoms with Gasteiger partial charge in [-0.05, 0) is 32.0 Å². The van der Waals surface area contributed by atoms with Gasteiger partial charge in [0, 0.05) is 11.8 Å². The van der Waals surface area contributed by atoms with Gasteiger partial charge in [0.2, 0.25) is 5.13 Å². The Labute approximate surface area is 185 Å². The average Bonchev–Trinajstić information content (AvgIpc) is 3.41. The Kier molecular flexibility index (Phi) is 4.59. The smallest absolute Gasteiger partial charge is 0.301 e. The van der Waals surface area contributed by atoms with Gasteiger partial charge in [0.05, 0.1) is 11.3 Å². The van der Waals surface area contributed by atoms with Gasteiger partial charge in [0.25, 0.3) is 5.78 Å². The second kappa shape index (κ2) is 7.34. The van der Waals surface area contributed by atoms with Gasteiger partial charge in [-0.25, -0.2) is 9.37 Å². The Bertz CT molecular complexity index is 1440. The third-order valence-electron chi connectivity index (χ3n) is 5.29. The molecular weight excluding hydrogens is 433 g/mol. The lowest BCUT2D eigenvalue weighted by atomic mass is 9.96. The van der Waals surface area contributed by atoms with Crippen LogP contribution in [0.4, 0.5) is 9.52 Å². The van der Waals surface area contributed by atoms with Gasteiger partial charge in [-0.15, -0.1) is 10.2 Å². The first-order chi connectivity index (χ1) is 15.4. The van der Waals surface area contributed by atoms with E-state index in [1.807, 2.05) is 0 Å². The number of pyridine rings is 1. The first-order valence-electron chi connectivity index (χ1n) is 9.68. The summed E-state index contributed by atoms with van der Waals surface area (Å²) in [5.74, 6) is -2.90. The molecule has 0 bridgehead atoms. The van der Waals surface area contributed by atoms with Crippen LogP contribution < -0.4 is 4.90 Å². The zero-order valence-electron chi connectivity index (χ0n) is 17.0. The highest BCUT2D eigenvalue weighted by Crippen LogP contribution is 2.43. The molecule has 4 heterocycles. The summed E-state index contributed by atoms with van der Waals surface area (Å²) in [5.41, 5.74) is 1.10. The summed E-state index contributed by atoms with van der Waals surface area (Å²) in [7, 11) is 0. The van der Waals surface area contributed by atoms with Crippen LogP contribution in [0.3, 0.4) is 0 Å². The van der Waals surface area contributed by atoms with Crippen molar-refractivity contribution in [3.05, 3.63) is 82.0 Å². The monoisotopic (exact) mass is 449 g/mol. The molecule has 1 N–H and O–H groups in total. The van der Waals surface area contributed by atoms with E-state index in [9.17, 15) is 19.1 Å². The predicted octanol–water partition coefficient (Wildman–Crippen LogP) is 3.57. The molecule has 1 atom stereocenters. The van der Waals surface area contributed by atoms with Crippen LogP contribution in [0.1, 0.15) is 28.0 Å². The van der Waals surface area contributed by atoms with Gasteiger partial charge in [-0.2, -0.15) is 0 Å². The number of fused-ring (bicyclic) bond motifs is 1. The molecule has 1 aliphatic heterocycles. The maximum Gasteiger partial charge on any atom is 0.301 e. The van der Waals surface area contributed by atoms with Crippen molar-refractivity contribution in [2.24, 2.45) is 0 Å². The summed E-state index contributed by atoms with van der Waals surface area (Å²) < 4.78 is 16.5. The molecule has 4 aromatic rings. The molecule has 0 aliphatic carbocycles. The highest BCUT2D eigenvalue weighted by atomic mass is 32.1. The number of carbonyl (C=O) groups excluding carboxylic acids is 2. The Morgan fingerprint density at radius 1 is 1.09 bits per heavy atom. The van der Waals surface area contributed by atoms with Crippen LogP contribution in [0.5, 0.6) is 0 Å². The second-order valence-electron chi connectivity index (χ2n) is 7.27. The third-order valence-corrected chi connectivity index (χ3v) is 6.13. The molecule has 1 fully saturated rings.